The third-order valence-electron chi connectivity index (χ3n) is 9.04. The van der Waals surface area contributed by atoms with E-state index in [1.807, 2.05) is 25.7 Å². The first-order valence-electron chi connectivity index (χ1n) is 13.8. The van der Waals surface area contributed by atoms with E-state index in [1.54, 1.807) is 4.90 Å². The monoisotopic (exact) mass is 481 g/mol. The second-order valence-electron chi connectivity index (χ2n) is 12.4. The standard InChI is InChI=1S/C29H43N3O3/c1-21-6-5-16-31(21)25-12-9-23(20-25)22-7-10-24(11-8-22)32-19-15-29(26(32)33)13-17-30(18-14-29)27(34)35-28(2,3)4/h7-8,10-11,21,23,25H,5-6,9,12-20H2,1-4H3. The number of benzene rings is 1. The summed E-state index contributed by atoms with van der Waals surface area (Å²) < 4.78 is 5.53. The van der Waals surface area contributed by atoms with E-state index in [1.165, 1.54) is 44.2 Å². The van der Waals surface area contributed by atoms with Crippen molar-refractivity contribution in [1.29, 1.82) is 0 Å². The van der Waals surface area contributed by atoms with Crippen LogP contribution in [0.15, 0.2) is 24.3 Å². The zero-order chi connectivity index (χ0) is 24.8. The number of likely N-dealkylation sites (tertiary alicyclic amines) is 2. The second-order valence-corrected chi connectivity index (χ2v) is 12.4. The van der Waals surface area contributed by atoms with Crippen molar-refractivity contribution in [2.75, 3.05) is 31.1 Å². The van der Waals surface area contributed by atoms with Crippen LogP contribution in [0.25, 0.3) is 0 Å². The number of hydrogen-bond donors (Lipinski definition) is 0. The van der Waals surface area contributed by atoms with Gasteiger partial charge >= 0.3 is 6.09 Å². The summed E-state index contributed by atoms with van der Waals surface area (Å²) in [6, 6.07) is 10.3. The van der Waals surface area contributed by atoms with E-state index in [4.69, 9.17) is 4.74 Å². The molecule has 4 fully saturated rings. The van der Waals surface area contributed by atoms with Gasteiger partial charge < -0.3 is 14.5 Å². The van der Waals surface area contributed by atoms with Crippen LogP contribution < -0.4 is 4.90 Å². The maximum Gasteiger partial charge on any atom is 0.410 e. The fraction of sp³-hybridized carbons (Fsp3) is 0.724. The van der Waals surface area contributed by atoms with Gasteiger partial charge in [0.2, 0.25) is 5.91 Å². The van der Waals surface area contributed by atoms with E-state index in [0.717, 1.165) is 43.6 Å². The van der Waals surface area contributed by atoms with Crippen LogP contribution in [0.3, 0.4) is 0 Å². The van der Waals surface area contributed by atoms with Crippen molar-refractivity contribution >= 4 is 17.7 Å². The molecule has 1 aromatic carbocycles. The first-order chi connectivity index (χ1) is 16.7. The average molecular weight is 482 g/mol. The fourth-order valence-electron chi connectivity index (χ4n) is 6.96. The second kappa shape index (κ2) is 9.42. The molecule has 3 saturated heterocycles. The molecule has 0 N–H and O–H groups in total. The number of carbonyl (C=O) groups excluding carboxylic acids is 2. The molecule has 0 aromatic heterocycles. The van der Waals surface area contributed by atoms with Gasteiger partial charge in [0.25, 0.3) is 0 Å². The molecular formula is C29H43N3O3. The van der Waals surface area contributed by atoms with Crippen LogP contribution in [-0.4, -0.2) is 65.7 Å². The smallest absolute Gasteiger partial charge is 0.410 e. The summed E-state index contributed by atoms with van der Waals surface area (Å²) >= 11 is 0. The van der Waals surface area contributed by atoms with Gasteiger partial charge in [-0.05, 0) is 109 Å². The molecule has 0 bridgehead atoms. The van der Waals surface area contributed by atoms with Gasteiger partial charge in [-0.2, -0.15) is 0 Å². The van der Waals surface area contributed by atoms with Crippen molar-refractivity contribution in [1.82, 2.24) is 9.80 Å². The Hall–Kier alpha value is -2.08. The van der Waals surface area contributed by atoms with E-state index in [2.05, 4.69) is 36.1 Å². The largest absolute Gasteiger partial charge is 0.444 e. The topological polar surface area (TPSA) is 53.1 Å². The van der Waals surface area contributed by atoms with Gasteiger partial charge in [0.05, 0.1) is 5.41 Å². The fourth-order valence-corrected chi connectivity index (χ4v) is 6.96. The van der Waals surface area contributed by atoms with Gasteiger partial charge in [-0.3, -0.25) is 9.69 Å². The predicted molar refractivity (Wildman–Crippen MR) is 139 cm³/mol. The van der Waals surface area contributed by atoms with Gasteiger partial charge in [-0.15, -0.1) is 0 Å². The van der Waals surface area contributed by atoms with Gasteiger partial charge in [-0.25, -0.2) is 4.79 Å². The molecule has 192 valence electrons. The van der Waals surface area contributed by atoms with Crippen molar-refractivity contribution in [3.05, 3.63) is 29.8 Å². The lowest BCUT2D eigenvalue weighted by molar-refractivity contribution is -0.128. The first kappa shape index (κ1) is 24.6. The minimum Gasteiger partial charge on any atom is -0.444 e. The van der Waals surface area contributed by atoms with Crippen molar-refractivity contribution < 1.29 is 14.3 Å². The normalized spacial score (nSPS) is 29.4. The summed E-state index contributed by atoms with van der Waals surface area (Å²) in [6.07, 6.45) is 8.59. The maximum atomic E-state index is 13.5. The summed E-state index contributed by atoms with van der Waals surface area (Å²) in [7, 11) is 0. The molecule has 2 amide bonds. The molecule has 3 unspecified atom stereocenters. The number of hydrogen-bond acceptors (Lipinski definition) is 4. The van der Waals surface area contributed by atoms with E-state index in [-0.39, 0.29) is 17.4 Å². The Kier molecular flexibility index (Phi) is 6.62. The molecule has 5 rings (SSSR count). The summed E-state index contributed by atoms with van der Waals surface area (Å²) in [5.41, 5.74) is 1.62. The minimum absolute atomic E-state index is 0.234. The SMILES string of the molecule is CC1CCCN1C1CCC(c2ccc(N3CCC4(CCN(C(=O)OC(C)(C)C)CC4)C3=O)cc2)C1. The molecule has 35 heavy (non-hydrogen) atoms. The lowest BCUT2D eigenvalue weighted by Gasteiger charge is -2.38. The minimum atomic E-state index is -0.496. The quantitative estimate of drug-likeness (QED) is 0.567. The van der Waals surface area contributed by atoms with E-state index in [0.29, 0.717) is 19.0 Å². The first-order valence-corrected chi connectivity index (χ1v) is 13.8. The van der Waals surface area contributed by atoms with Gasteiger partial charge in [0, 0.05) is 37.4 Å². The molecule has 1 aromatic rings. The van der Waals surface area contributed by atoms with Crippen molar-refractivity contribution in [2.24, 2.45) is 5.41 Å². The Balaban J connectivity index is 1.18. The summed E-state index contributed by atoms with van der Waals surface area (Å²) in [5.74, 6) is 0.873. The van der Waals surface area contributed by atoms with Crippen LogP contribution in [0, 0.1) is 5.41 Å². The molecule has 3 atom stereocenters. The number of amides is 2. The summed E-state index contributed by atoms with van der Waals surface area (Å²) in [6.45, 7) is 11.3. The Morgan fingerprint density at radius 2 is 1.66 bits per heavy atom. The molecule has 3 aliphatic heterocycles. The summed E-state index contributed by atoms with van der Waals surface area (Å²) in [5, 5.41) is 0. The molecule has 1 saturated carbocycles. The van der Waals surface area contributed by atoms with Crippen molar-refractivity contribution in [3.8, 4) is 0 Å². The Bertz CT molecular complexity index is 929. The van der Waals surface area contributed by atoms with E-state index in [9.17, 15) is 9.59 Å². The van der Waals surface area contributed by atoms with Crippen LogP contribution in [0.5, 0.6) is 0 Å². The highest BCUT2D eigenvalue weighted by Crippen LogP contribution is 2.44. The van der Waals surface area contributed by atoms with Gasteiger partial charge in [-0.1, -0.05) is 12.1 Å². The Morgan fingerprint density at radius 3 is 2.29 bits per heavy atom. The van der Waals surface area contributed by atoms with E-state index < -0.39 is 5.60 Å². The van der Waals surface area contributed by atoms with Crippen LogP contribution >= 0.6 is 0 Å². The average Bonchev–Trinajstić information content (AvgIpc) is 3.54. The third kappa shape index (κ3) is 4.96. The van der Waals surface area contributed by atoms with Crippen molar-refractivity contribution in [2.45, 2.75) is 103 Å². The lowest BCUT2D eigenvalue weighted by atomic mass is 9.77. The van der Waals surface area contributed by atoms with Crippen LogP contribution in [0.2, 0.25) is 0 Å². The lowest BCUT2D eigenvalue weighted by Crippen LogP contribution is -2.48. The van der Waals surface area contributed by atoms with Crippen LogP contribution in [0.4, 0.5) is 10.5 Å². The van der Waals surface area contributed by atoms with E-state index >= 15 is 0 Å². The molecule has 1 aliphatic carbocycles. The van der Waals surface area contributed by atoms with Gasteiger partial charge in [0.15, 0.2) is 0 Å². The zero-order valence-corrected chi connectivity index (χ0v) is 22.1. The predicted octanol–water partition coefficient (Wildman–Crippen LogP) is 5.56. The van der Waals surface area contributed by atoms with Gasteiger partial charge in [0.1, 0.15) is 5.60 Å². The highest BCUT2D eigenvalue weighted by Gasteiger charge is 2.49. The number of anilines is 1. The molecule has 4 aliphatic rings. The van der Waals surface area contributed by atoms with Crippen molar-refractivity contribution in [3.63, 3.8) is 0 Å². The zero-order valence-electron chi connectivity index (χ0n) is 22.1. The number of piperidine rings is 1. The highest BCUT2D eigenvalue weighted by atomic mass is 16.6. The summed E-state index contributed by atoms with van der Waals surface area (Å²) in [4.78, 5) is 32.5. The number of carbonyl (C=O) groups is 2. The number of nitrogens with zero attached hydrogens (tertiary/aromatic N) is 3. The Labute approximate surface area is 211 Å². The van der Waals surface area contributed by atoms with Crippen LogP contribution in [-0.2, 0) is 9.53 Å². The number of ether oxygens (including phenoxy) is 1. The molecule has 0 radical (unpaired) electrons. The highest BCUT2D eigenvalue weighted by molar-refractivity contribution is 6.00. The maximum absolute atomic E-state index is 13.5. The molecule has 3 heterocycles. The van der Waals surface area contributed by atoms with Crippen LogP contribution in [0.1, 0.15) is 90.5 Å². The number of rotatable bonds is 3. The molecular weight excluding hydrogens is 438 g/mol. The Morgan fingerprint density at radius 1 is 0.971 bits per heavy atom. The molecule has 6 nitrogen and oxygen atoms in total. The molecule has 1 spiro atoms. The molecule has 6 heteroatoms. The third-order valence-corrected chi connectivity index (χ3v) is 9.04.